The van der Waals surface area contributed by atoms with Gasteiger partial charge in [-0.25, -0.2) is 0 Å². The van der Waals surface area contributed by atoms with Crippen LogP contribution in [0.1, 0.15) is 104 Å². The van der Waals surface area contributed by atoms with Gasteiger partial charge in [0.25, 0.3) is 6.71 Å². The Morgan fingerprint density at radius 1 is 0.552 bits per heavy atom. The van der Waals surface area contributed by atoms with Crippen LogP contribution in [0.15, 0.2) is 121 Å². The molecule has 3 nitrogen and oxygen atoms in total. The Kier molecular flexibility index (Phi) is 7.91. The summed E-state index contributed by atoms with van der Waals surface area (Å²) in [5.41, 5.74) is 16.4. The van der Waals surface area contributed by atoms with Gasteiger partial charge in [-0.1, -0.05) is 149 Å². The van der Waals surface area contributed by atoms with E-state index in [-0.39, 0.29) is 28.4 Å². The first-order valence-electron chi connectivity index (χ1n) is 20.9. The normalized spacial score (nSPS) is 15.3. The standard InChI is InChI=1S/C53H53BN2OS/c1-50(2,3)32-19-24-35(25-20-32)55-41-30-23-34(52(7,8)9)31-40(41)54-45-42(55)16-14-17-43(45)56(36-26-21-33(22-27-36)51(4,5)6)46-37-28-29-39-47(48(37)58-49(46)54)57-44-18-13-12-15-38(44)53(39,10)11/h12-31H,1-11H3. The van der Waals surface area contributed by atoms with Crippen molar-refractivity contribution in [3.05, 3.63) is 149 Å². The lowest BCUT2D eigenvalue weighted by Crippen LogP contribution is -2.60. The van der Waals surface area contributed by atoms with Gasteiger partial charge in [0.15, 0.2) is 0 Å². The number of benzene rings is 6. The lowest BCUT2D eigenvalue weighted by molar-refractivity contribution is 0.423. The fourth-order valence-electron chi connectivity index (χ4n) is 9.62. The molecule has 5 heteroatoms. The number of fused-ring (bicyclic) bond motifs is 9. The van der Waals surface area contributed by atoms with Crippen molar-refractivity contribution in [1.82, 2.24) is 0 Å². The van der Waals surface area contributed by atoms with Crippen molar-refractivity contribution in [1.29, 1.82) is 0 Å². The first kappa shape index (κ1) is 37.0. The van der Waals surface area contributed by atoms with Crippen LogP contribution in [0.4, 0.5) is 34.1 Å². The first-order valence-corrected chi connectivity index (χ1v) is 21.7. The monoisotopic (exact) mass is 776 g/mol. The quantitative estimate of drug-likeness (QED) is 0.163. The third-order valence-electron chi connectivity index (χ3n) is 13.0. The van der Waals surface area contributed by atoms with Crippen LogP contribution < -0.4 is 30.2 Å². The minimum Gasteiger partial charge on any atom is -0.455 e. The molecule has 3 aliphatic rings. The summed E-state index contributed by atoms with van der Waals surface area (Å²) in [5.74, 6) is 1.94. The molecule has 10 rings (SSSR count). The number of hydrogen-bond donors (Lipinski definition) is 0. The Labute approximate surface area is 349 Å². The summed E-state index contributed by atoms with van der Waals surface area (Å²) in [5, 5.41) is 1.23. The van der Waals surface area contributed by atoms with Crippen LogP contribution in [0, 0.1) is 0 Å². The summed E-state index contributed by atoms with van der Waals surface area (Å²) >= 11 is 1.93. The average Bonchev–Trinajstić information content (AvgIpc) is 3.56. The minimum absolute atomic E-state index is 0.0155. The van der Waals surface area contributed by atoms with Crippen LogP contribution in [0.3, 0.4) is 0 Å². The molecule has 0 spiro atoms. The third kappa shape index (κ3) is 5.45. The maximum absolute atomic E-state index is 7.01. The van der Waals surface area contributed by atoms with E-state index in [1.165, 1.54) is 87.7 Å². The van der Waals surface area contributed by atoms with E-state index in [1.807, 2.05) is 11.3 Å². The van der Waals surface area contributed by atoms with Crippen LogP contribution >= 0.6 is 11.3 Å². The molecule has 3 aliphatic heterocycles. The van der Waals surface area contributed by atoms with Gasteiger partial charge in [-0.3, -0.25) is 0 Å². The van der Waals surface area contributed by atoms with Crippen molar-refractivity contribution in [3.8, 4) is 11.5 Å². The van der Waals surface area contributed by atoms with E-state index in [0.29, 0.717) is 0 Å². The lowest BCUT2D eigenvalue weighted by Gasteiger charge is -2.43. The van der Waals surface area contributed by atoms with Crippen molar-refractivity contribution in [2.45, 2.75) is 97.8 Å². The highest BCUT2D eigenvalue weighted by Crippen LogP contribution is 2.55. The predicted octanol–water partition coefficient (Wildman–Crippen LogP) is 13.3. The molecule has 0 fully saturated rings. The number of rotatable bonds is 2. The van der Waals surface area contributed by atoms with Crippen LogP contribution in [0.2, 0.25) is 0 Å². The smallest absolute Gasteiger partial charge is 0.264 e. The van der Waals surface area contributed by atoms with E-state index in [4.69, 9.17) is 4.74 Å². The molecule has 4 heterocycles. The van der Waals surface area contributed by atoms with E-state index in [9.17, 15) is 0 Å². The van der Waals surface area contributed by atoms with Crippen molar-refractivity contribution in [2.75, 3.05) is 9.80 Å². The zero-order chi connectivity index (χ0) is 40.7. The van der Waals surface area contributed by atoms with Gasteiger partial charge in [0.1, 0.15) is 11.5 Å². The molecule has 0 bridgehead atoms. The summed E-state index contributed by atoms with van der Waals surface area (Å²) in [4.78, 5) is 5.08. The fraction of sp³-hybridized carbons (Fsp3) is 0.283. The average molecular weight is 777 g/mol. The topological polar surface area (TPSA) is 15.7 Å². The Balaban J connectivity index is 1.29. The van der Waals surface area contributed by atoms with E-state index in [0.717, 1.165) is 11.5 Å². The van der Waals surface area contributed by atoms with E-state index < -0.39 is 0 Å². The molecule has 6 aromatic carbocycles. The maximum Gasteiger partial charge on any atom is 0.264 e. The van der Waals surface area contributed by atoms with Crippen LogP contribution in [0.25, 0.3) is 10.1 Å². The van der Waals surface area contributed by atoms with Crippen LogP contribution in [0.5, 0.6) is 11.5 Å². The molecule has 0 radical (unpaired) electrons. The van der Waals surface area contributed by atoms with E-state index in [2.05, 4.69) is 207 Å². The summed E-state index contributed by atoms with van der Waals surface area (Å²) in [6, 6.07) is 46.1. The van der Waals surface area contributed by atoms with Gasteiger partial charge in [-0.2, -0.15) is 0 Å². The molecule has 0 N–H and O–H groups in total. The van der Waals surface area contributed by atoms with Crippen LogP contribution in [-0.4, -0.2) is 6.71 Å². The van der Waals surface area contributed by atoms with Gasteiger partial charge in [-0.15, -0.1) is 11.3 Å². The van der Waals surface area contributed by atoms with Crippen molar-refractivity contribution < 1.29 is 4.74 Å². The SMILES string of the molecule is CC(C)(C)c1ccc(N2c3ccc(C(C)(C)C)cc3B3c4sc5c6c(ccc5c4N(c4ccc(C(C)(C)C)cc4)c4cccc2c43)C(C)(C)c2ccccc2O6)cc1. The second-order valence-corrected chi connectivity index (χ2v) is 21.3. The first-order chi connectivity index (χ1) is 27.4. The zero-order valence-corrected chi connectivity index (χ0v) is 36.7. The van der Waals surface area contributed by atoms with Gasteiger partial charge in [0.2, 0.25) is 0 Å². The van der Waals surface area contributed by atoms with Gasteiger partial charge in [0.05, 0.1) is 10.4 Å². The van der Waals surface area contributed by atoms with Gasteiger partial charge in [-0.05, 0) is 92.4 Å². The number of para-hydroxylation sites is 1. The van der Waals surface area contributed by atoms with Crippen LogP contribution in [-0.2, 0) is 21.7 Å². The zero-order valence-electron chi connectivity index (χ0n) is 35.8. The highest BCUT2D eigenvalue weighted by molar-refractivity contribution is 7.34. The lowest BCUT2D eigenvalue weighted by atomic mass is 9.36. The highest BCUT2D eigenvalue weighted by Gasteiger charge is 2.46. The molecular formula is C53H53BN2OS. The van der Waals surface area contributed by atoms with Gasteiger partial charge >= 0.3 is 0 Å². The molecule has 0 unspecified atom stereocenters. The Bertz CT molecular complexity index is 2790. The predicted molar refractivity (Wildman–Crippen MR) is 251 cm³/mol. The van der Waals surface area contributed by atoms with Crippen molar-refractivity contribution in [2.24, 2.45) is 0 Å². The van der Waals surface area contributed by atoms with Gasteiger partial charge in [0, 0.05) is 55.1 Å². The number of thiophene rings is 1. The summed E-state index contributed by atoms with van der Waals surface area (Å²) in [7, 11) is 0. The molecule has 0 atom stereocenters. The number of ether oxygens (including phenoxy) is 1. The molecular weight excluding hydrogens is 723 g/mol. The molecule has 290 valence electrons. The molecule has 0 aliphatic carbocycles. The summed E-state index contributed by atoms with van der Waals surface area (Å²) < 4.78 is 9.58. The molecule has 1 aromatic heterocycles. The summed E-state index contributed by atoms with van der Waals surface area (Å²) in [6.07, 6.45) is 0. The Morgan fingerprint density at radius 2 is 1.12 bits per heavy atom. The highest BCUT2D eigenvalue weighted by atomic mass is 32.1. The minimum atomic E-state index is -0.205. The van der Waals surface area contributed by atoms with Crippen molar-refractivity contribution in [3.63, 3.8) is 0 Å². The third-order valence-corrected chi connectivity index (χ3v) is 14.3. The van der Waals surface area contributed by atoms with E-state index >= 15 is 0 Å². The Hall–Kier alpha value is -5.26. The molecule has 58 heavy (non-hydrogen) atoms. The molecule has 7 aromatic rings. The number of hydrogen-bond acceptors (Lipinski definition) is 4. The number of nitrogens with zero attached hydrogens (tertiary/aromatic N) is 2. The van der Waals surface area contributed by atoms with Gasteiger partial charge < -0.3 is 14.5 Å². The van der Waals surface area contributed by atoms with Crippen molar-refractivity contribution >= 4 is 78.0 Å². The fourth-order valence-corrected chi connectivity index (χ4v) is 11.0. The molecule has 0 saturated carbocycles. The second-order valence-electron chi connectivity index (χ2n) is 20.3. The van der Waals surface area contributed by atoms with E-state index in [1.54, 1.807) is 0 Å². The largest absolute Gasteiger partial charge is 0.455 e. The number of anilines is 6. The maximum atomic E-state index is 7.01. The molecule has 0 saturated heterocycles. The Morgan fingerprint density at radius 3 is 1.74 bits per heavy atom. The summed E-state index contributed by atoms with van der Waals surface area (Å²) in [6.45, 7) is 25.4. The second kappa shape index (κ2) is 12.4. The molecule has 0 amide bonds.